The molecule has 0 aliphatic heterocycles. The molecule has 1 N–H and O–H groups in total. The highest BCUT2D eigenvalue weighted by Gasteiger charge is 2.17. The highest BCUT2D eigenvalue weighted by molar-refractivity contribution is 7.09. The minimum atomic E-state index is -0.0252. The third kappa shape index (κ3) is 2.64. The van der Waals surface area contributed by atoms with Crippen LogP contribution in [0.2, 0.25) is 0 Å². The molecule has 0 aliphatic carbocycles. The van der Waals surface area contributed by atoms with E-state index in [1.165, 1.54) is 0 Å². The van der Waals surface area contributed by atoms with Crippen molar-refractivity contribution in [3.63, 3.8) is 0 Å². The number of carbonyl (C=O) groups is 1. The molecular formula is C17H19N3OS. The summed E-state index contributed by atoms with van der Waals surface area (Å²) in [5, 5.41) is 6.12. The van der Waals surface area contributed by atoms with Crippen LogP contribution in [0.3, 0.4) is 0 Å². The van der Waals surface area contributed by atoms with Gasteiger partial charge in [-0.05, 0) is 31.0 Å². The van der Waals surface area contributed by atoms with Crippen LogP contribution in [0.1, 0.15) is 35.6 Å². The summed E-state index contributed by atoms with van der Waals surface area (Å²) in [6.07, 6.45) is 3.83. The third-order valence-electron chi connectivity index (χ3n) is 3.57. The number of hydrogen-bond acceptors (Lipinski definition) is 3. The summed E-state index contributed by atoms with van der Waals surface area (Å²) >= 11 is 1.66. The molecule has 22 heavy (non-hydrogen) atoms. The highest BCUT2D eigenvalue weighted by atomic mass is 32.1. The maximum atomic E-state index is 12.4. The van der Waals surface area contributed by atoms with Gasteiger partial charge in [-0.2, -0.15) is 0 Å². The Hall–Kier alpha value is -2.14. The lowest BCUT2D eigenvalue weighted by Gasteiger charge is -2.02. The summed E-state index contributed by atoms with van der Waals surface area (Å²) in [5.41, 5.74) is 3.51. The molecule has 3 aromatic heterocycles. The zero-order valence-corrected chi connectivity index (χ0v) is 13.6. The Labute approximate surface area is 133 Å². The second kappa shape index (κ2) is 6.32. The number of nitrogens with one attached hydrogen (secondary N) is 1. The number of fused-ring (bicyclic) bond motifs is 1. The van der Waals surface area contributed by atoms with E-state index >= 15 is 0 Å². The molecular weight excluding hydrogens is 294 g/mol. The number of rotatable bonds is 5. The zero-order chi connectivity index (χ0) is 15.5. The van der Waals surface area contributed by atoms with Crippen molar-refractivity contribution in [1.29, 1.82) is 0 Å². The molecule has 0 spiro atoms. The zero-order valence-electron chi connectivity index (χ0n) is 12.8. The van der Waals surface area contributed by atoms with Crippen molar-refractivity contribution in [2.75, 3.05) is 6.54 Å². The van der Waals surface area contributed by atoms with Crippen molar-refractivity contribution < 1.29 is 4.79 Å². The molecule has 0 saturated carbocycles. The van der Waals surface area contributed by atoms with Crippen LogP contribution in [-0.4, -0.2) is 21.8 Å². The monoisotopic (exact) mass is 313 g/mol. The van der Waals surface area contributed by atoms with Crippen molar-refractivity contribution in [1.82, 2.24) is 14.7 Å². The molecule has 1 amide bonds. The van der Waals surface area contributed by atoms with Crippen molar-refractivity contribution in [2.45, 2.75) is 26.7 Å². The summed E-state index contributed by atoms with van der Waals surface area (Å²) in [4.78, 5) is 17.0. The van der Waals surface area contributed by atoms with E-state index in [0.717, 1.165) is 34.8 Å². The van der Waals surface area contributed by atoms with E-state index in [4.69, 9.17) is 0 Å². The molecule has 0 saturated heterocycles. The van der Waals surface area contributed by atoms with Crippen LogP contribution in [0.25, 0.3) is 16.9 Å². The lowest BCUT2D eigenvalue weighted by atomic mass is 10.2. The van der Waals surface area contributed by atoms with Crippen LogP contribution in [0, 0.1) is 0 Å². The number of pyridine rings is 1. The average Bonchev–Trinajstić information content (AvgIpc) is 3.16. The predicted octanol–water partition coefficient (Wildman–Crippen LogP) is 3.77. The van der Waals surface area contributed by atoms with Crippen molar-refractivity contribution >= 4 is 22.8 Å². The first-order valence-electron chi connectivity index (χ1n) is 7.57. The Balaban J connectivity index is 2.09. The van der Waals surface area contributed by atoms with E-state index in [1.807, 2.05) is 41.8 Å². The number of amides is 1. The molecule has 0 bridgehead atoms. The van der Waals surface area contributed by atoms with E-state index < -0.39 is 0 Å². The summed E-state index contributed by atoms with van der Waals surface area (Å²) in [6.45, 7) is 4.84. The molecule has 0 aromatic carbocycles. The van der Waals surface area contributed by atoms with Gasteiger partial charge in [0.1, 0.15) is 0 Å². The molecule has 0 radical (unpaired) electrons. The van der Waals surface area contributed by atoms with Gasteiger partial charge in [0.2, 0.25) is 0 Å². The minimum absolute atomic E-state index is 0.0252. The maximum absolute atomic E-state index is 12.4. The van der Waals surface area contributed by atoms with Crippen LogP contribution in [0.5, 0.6) is 0 Å². The van der Waals surface area contributed by atoms with E-state index in [9.17, 15) is 4.79 Å². The second-order valence-corrected chi connectivity index (χ2v) is 6.08. The lowest BCUT2D eigenvalue weighted by Crippen LogP contribution is -2.23. The molecule has 3 heterocycles. The lowest BCUT2D eigenvalue weighted by molar-refractivity contribution is 0.0955. The Bertz CT molecular complexity index is 803. The molecule has 0 fully saturated rings. The van der Waals surface area contributed by atoms with Crippen molar-refractivity contribution in [3.05, 3.63) is 46.4 Å². The predicted molar refractivity (Wildman–Crippen MR) is 90.5 cm³/mol. The molecule has 0 atom stereocenters. The number of hydrogen-bond donors (Lipinski definition) is 1. The summed E-state index contributed by atoms with van der Waals surface area (Å²) in [6, 6.07) is 7.83. The molecule has 4 nitrogen and oxygen atoms in total. The van der Waals surface area contributed by atoms with Gasteiger partial charge in [-0.1, -0.05) is 19.9 Å². The fraction of sp³-hybridized carbons (Fsp3) is 0.294. The van der Waals surface area contributed by atoms with E-state index in [1.54, 1.807) is 11.3 Å². The quantitative estimate of drug-likeness (QED) is 0.779. The topological polar surface area (TPSA) is 46.4 Å². The van der Waals surface area contributed by atoms with Crippen molar-refractivity contribution in [3.8, 4) is 11.4 Å². The number of carbonyl (C=O) groups excluding carboxylic acids is 1. The molecule has 0 aliphatic rings. The first-order valence-corrected chi connectivity index (χ1v) is 8.45. The van der Waals surface area contributed by atoms with Gasteiger partial charge in [0.25, 0.3) is 5.91 Å². The molecule has 114 valence electrons. The fourth-order valence-electron chi connectivity index (χ4n) is 2.46. The Morgan fingerprint density at radius 1 is 1.36 bits per heavy atom. The minimum Gasteiger partial charge on any atom is -0.352 e. The molecule has 3 rings (SSSR count). The SMILES string of the molecule is CCCNC(=O)c1cc(-c2csc(CC)n2)n2ccccc12. The Morgan fingerprint density at radius 2 is 2.23 bits per heavy atom. The average molecular weight is 313 g/mol. The normalized spacial score (nSPS) is 11.0. The number of nitrogens with zero attached hydrogens (tertiary/aromatic N) is 2. The van der Waals surface area contributed by atoms with E-state index in [0.29, 0.717) is 12.1 Å². The number of aromatic nitrogens is 2. The van der Waals surface area contributed by atoms with E-state index in [-0.39, 0.29) is 5.91 Å². The number of aryl methyl sites for hydroxylation is 1. The second-order valence-electron chi connectivity index (χ2n) is 5.14. The first-order chi connectivity index (χ1) is 10.7. The fourth-order valence-corrected chi connectivity index (χ4v) is 3.20. The summed E-state index contributed by atoms with van der Waals surface area (Å²) < 4.78 is 2.04. The number of thiazole rings is 1. The first kappa shape index (κ1) is 14.8. The highest BCUT2D eigenvalue weighted by Crippen LogP contribution is 2.27. The van der Waals surface area contributed by atoms with Gasteiger partial charge in [0.15, 0.2) is 0 Å². The Morgan fingerprint density at radius 3 is 2.95 bits per heavy atom. The van der Waals surface area contributed by atoms with Gasteiger partial charge in [-0.15, -0.1) is 11.3 Å². The van der Waals surface area contributed by atoms with Gasteiger partial charge in [0.05, 0.1) is 27.5 Å². The van der Waals surface area contributed by atoms with Gasteiger partial charge in [-0.25, -0.2) is 4.98 Å². The molecule has 5 heteroatoms. The van der Waals surface area contributed by atoms with E-state index in [2.05, 4.69) is 22.6 Å². The maximum Gasteiger partial charge on any atom is 0.253 e. The Kier molecular flexibility index (Phi) is 4.24. The third-order valence-corrected chi connectivity index (χ3v) is 4.57. The molecule has 0 unspecified atom stereocenters. The summed E-state index contributed by atoms with van der Waals surface area (Å²) in [7, 11) is 0. The van der Waals surface area contributed by atoms with Gasteiger partial charge in [0, 0.05) is 18.1 Å². The standard InChI is InChI=1S/C17H19N3OS/c1-3-8-18-17(21)12-10-15(13-11-22-16(4-2)19-13)20-9-6-5-7-14(12)20/h5-7,9-11H,3-4,8H2,1-2H3,(H,18,21). The van der Waals surface area contributed by atoms with Crippen LogP contribution >= 0.6 is 11.3 Å². The van der Waals surface area contributed by atoms with Gasteiger partial charge >= 0.3 is 0 Å². The smallest absolute Gasteiger partial charge is 0.253 e. The van der Waals surface area contributed by atoms with Crippen LogP contribution in [0.4, 0.5) is 0 Å². The molecule has 3 aromatic rings. The summed E-state index contributed by atoms with van der Waals surface area (Å²) in [5.74, 6) is -0.0252. The van der Waals surface area contributed by atoms with Gasteiger partial charge < -0.3 is 9.72 Å². The van der Waals surface area contributed by atoms with Crippen LogP contribution < -0.4 is 5.32 Å². The van der Waals surface area contributed by atoms with Crippen LogP contribution in [0.15, 0.2) is 35.8 Å². The van der Waals surface area contributed by atoms with Gasteiger partial charge in [-0.3, -0.25) is 4.79 Å². The largest absolute Gasteiger partial charge is 0.352 e. The van der Waals surface area contributed by atoms with Crippen LogP contribution in [-0.2, 0) is 6.42 Å². The van der Waals surface area contributed by atoms with Crippen molar-refractivity contribution in [2.24, 2.45) is 0 Å².